The van der Waals surface area contributed by atoms with E-state index in [0.717, 1.165) is 22.7 Å². The van der Waals surface area contributed by atoms with Crippen LogP contribution in [0, 0.1) is 0 Å². The van der Waals surface area contributed by atoms with Gasteiger partial charge in [0, 0.05) is 48.8 Å². The number of thiophene rings is 2. The topological polar surface area (TPSA) is 267 Å². The molecule has 8 N–H and O–H groups in total. The molecule has 1 aliphatic carbocycles. The van der Waals surface area contributed by atoms with E-state index in [9.17, 15) is 44.4 Å². The number of esters is 2. The van der Waals surface area contributed by atoms with Crippen molar-refractivity contribution in [1.29, 1.82) is 0 Å². The number of H-pyrrole nitrogens is 1. The molecule has 3 heterocycles. The highest BCUT2D eigenvalue weighted by Crippen LogP contribution is 2.42. The molecule has 18 nitrogen and oxygen atoms in total. The van der Waals surface area contributed by atoms with Gasteiger partial charge in [-0.1, -0.05) is 29.8 Å². The van der Waals surface area contributed by atoms with Crippen molar-refractivity contribution in [3.05, 3.63) is 108 Å². The summed E-state index contributed by atoms with van der Waals surface area (Å²) in [6.45, 7) is 0.773. The minimum absolute atomic E-state index is 0.0423. The molecule has 1 fully saturated rings. The number of carboxylic acids is 1. The maximum absolute atomic E-state index is 14.1. The number of hydrogen-bond donors (Lipinski definition) is 8. The first kappa shape index (κ1) is 47.9. The van der Waals surface area contributed by atoms with E-state index < -0.39 is 54.0 Å². The van der Waals surface area contributed by atoms with Crippen LogP contribution in [0.1, 0.15) is 52.7 Å². The van der Waals surface area contributed by atoms with Gasteiger partial charge in [0.2, 0.25) is 5.56 Å². The number of rotatable bonds is 19. The van der Waals surface area contributed by atoms with Crippen LogP contribution >= 0.6 is 34.3 Å². The Labute approximate surface area is 378 Å². The van der Waals surface area contributed by atoms with Crippen molar-refractivity contribution >= 4 is 74.9 Å². The number of carbonyl (C=O) groups is 4. The van der Waals surface area contributed by atoms with Crippen LogP contribution < -0.4 is 20.9 Å². The minimum Gasteiger partial charge on any atom is -0.506 e. The number of aliphatic hydroxyl groups excluding tert-OH is 3. The Bertz CT molecular complexity index is 2440. The highest BCUT2D eigenvalue weighted by molar-refractivity contribution is 7.12. The zero-order valence-corrected chi connectivity index (χ0v) is 36.9. The van der Waals surface area contributed by atoms with Crippen LogP contribution in [0.5, 0.6) is 11.5 Å². The fourth-order valence-corrected chi connectivity index (χ4v) is 9.39. The molecule has 21 heteroatoms. The molecule has 5 aromatic rings. The number of aliphatic carboxylic acids is 1. The van der Waals surface area contributed by atoms with E-state index in [1.54, 1.807) is 53.2 Å². The fraction of sp³-hybridized carbons (Fsp3) is 0.372. The van der Waals surface area contributed by atoms with Crippen molar-refractivity contribution in [3.63, 3.8) is 0 Å². The number of nitrogens with zero attached hydrogens (tertiary/aromatic N) is 1. The van der Waals surface area contributed by atoms with E-state index in [-0.39, 0.29) is 63.0 Å². The second-order valence-corrected chi connectivity index (χ2v) is 17.2. The van der Waals surface area contributed by atoms with Gasteiger partial charge in [0.25, 0.3) is 5.60 Å². The number of aromatic nitrogens is 1. The van der Waals surface area contributed by atoms with Gasteiger partial charge >= 0.3 is 24.0 Å². The van der Waals surface area contributed by atoms with Crippen LogP contribution in [0.25, 0.3) is 10.9 Å². The second-order valence-electron chi connectivity index (χ2n) is 14.9. The van der Waals surface area contributed by atoms with Gasteiger partial charge in [-0.2, -0.15) is 0 Å². The van der Waals surface area contributed by atoms with Crippen LogP contribution in [-0.2, 0) is 40.7 Å². The van der Waals surface area contributed by atoms with Crippen LogP contribution in [0.15, 0.2) is 76.2 Å². The molecule has 0 bridgehead atoms. The molecule has 64 heavy (non-hydrogen) atoms. The number of amides is 1. The lowest BCUT2D eigenvalue weighted by Gasteiger charge is -2.36. The van der Waals surface area contributed by atoms with Gasteiger partial charge < -0.3 is 59.7 Å². The predicted molar refractivity (Wildman–Crippen MR) is 236 cm³/mol. The predicted octanol–water partition coefficient (Wildman–Crippen LogP) is 4.47. The minimum atomic E-state index is -2.48. The number of phenolic OH excluding ortho intramolecular Hbond substituents is 1. The number of fused-ring (bicyclic) bond motifs is 1. The van der Waals surface area contributed by atoms with Crippen molar-refractivity contribution < 1.29 is 63.7 Å². The number of ether oxygens (including phenoxy) is 4. The van der Waals surface area contributed by atoms with Gasteiger partial charge in [0.1, 0.15) is 24.2 Å². The summed E-state index contributed by atoms with van der Waals surface area (Å²) in [6, 6.07) is 15.4. The Morgan fingerprint density at radius 2 is 1.66 bits per heavy atom. The molecule has 3 aromatic heterocycles. The smallest absolute Gasteiger partial charge is 0.411 e. The quantitative estimate of drug-likeness (QED) is 0.0419. The van der Waals surface area contributed by atoms with Gasteiger partial charge in [0.05, 0.1) is 39.2 Å². The largest absolute Gasteiger partial charge is 0.506 e. The van der Waals surface area contributed by atoms with Crippen LogP contribution in [0.2, 0.25) is 5.02 Å². The maximum Gasteiger partial charge on any atom is 0.411 e. The summed E-state index contributed by atoms with van der Waals surface area (Å²) >= 11 is 8.73. The summed E-state index contributed by atoms with van der Waals surface area (Å²) in [5, 5.41) is 60.2. The summed E-state index contributed by atoms with van der Waals surface area (Å²) in [5.41, 5.74) is -0.916. The first-order valence-corrected chi connectivity index (χ1v) is 22.1. The average Bonchev–Trinajstić information content (AvgIpc) is 4.03. The number of aromatic hydroxyl groups is 1. The molecule has 0 spiro atoms. The molecule has 0 radical (unpaired) electrons. The molecule has 0 saturated heterocycles. The lowest BCUT2D eigenvalue weighted by Crippen LogP contribution is -2.49. The molecular weight excluding hydrogens is 896 g/mol. The highest BCUT2D eigenvalue weighted by Gasteiger charge is 2.52. The lowest BCUT2D eigenvalue weighted by molar-refractivity contribution is -0.192. The van der Waals surface area contributed by atoms with Crippen molar-refractivity contribution in [2.45, 2.75) is 68.3 Å². The van der Waals surface area contributed by atoms with Crippen LogP contribution in [0.4, 0.5) is 10.5 Å². The van der Waals surface area contributed by atoms with Gasteiger partial charge in [-0.15, -0.1) is 22.7 Å². The molecule has 2 aromatic carbocycles. The maximum atomic E-state index is 14.1. The number of phenols is 1. The summed E-state index contributed by atoms with van der Waals surface area (Å²) in [7, 11) is 3.35. The third kappa shape index (κ3) is 11.0. The molecule has 0 unspecified atom stereocenters. The Morgan fingerprint density at radius 1 is 0.969 bits per heavy atom. The van der Waals surface area contributed by atoms with E-state index in [2.05, 4.69) is 15.6 Å². The van der Waals surface area contributed by atoms with Gasteiger partial charge in [-0.25, -0.2) is 19.2 Å². The lowest BCUT2D eigenvalue weighted by atomic mass is 9.91. The summed E-state index contributed by atoms with van der Waals surface area (Å²) in [6.07, 6.45) is -5.13. The van der Waals surface area contributed by atoms with Crippen molar-refractivity contribution in [2.75, 3.05) is 39.2 Å². The Balaban J connectivity index is 0.978. The highest BCUT2D eigenvalue weighted by atomic mass is 35.5. The van der Waals surface area contributed by atoms with Crippen molar-refractivity contribution in [2.24, 2.45) is 0 Å². The number of hydrogen-bond acceptors (Lipinski definition) is 17. The summed E-state index contributed by atoms with van der Waals surface area (Å²) in [4.78, 5) is 68.1. The summed E-state index contributed by atoms with van der Waals surface area (Å²) in [5.74, 6) is -3.99. The molecule has 1 saturated carbocycles. The molecule has 1 aliphatic rings. The van der Waals surface area contributed by atoms with E-state index >= 15 is 0 Å². The molecular formula is C43H47ClN4O14S2. The standard InChI is InChI=1S/C43H47ClN4O14S2/c1-48(24-7-9-25(10-8-24)61-41(57)43(33-5-3-17-63-33,34-6-4-18-64-34)62-40(56)38(53)37(52)39(54)55)15-16-60-42(58)46-29-20-32(59-2)23(19-28(29)44)21-45-22-31(50)26-11-13-30(49)36-27(26)12-14-35(51)47-36/h3-6,11-14,17-20,24-25,31,37-38,45,49-50,52-53H,7-10,15-16,21-22H2,1-2H3,(H,46,58)(H,47,51)(H,54,55)/t24?,25?,31-,37+,38+/m0/s1. The first-order valence-electron chi connectivity index (χ1n) is 20.0. The third-order valence-corrected chi connectivity index (χ3v) is 13.1. The monoisotopic (exact) mass is 942 g/mol. The zero-order valence-electron chi connectivity index (χ0n) is 34.5. The third-order valence-electron chi connectivity index (χ3n) is 10.8. The molecule has 1 amide bonds. The number of likely N-dealkylation sites (N-methyl/N-ethyl adjacent to an activating group) is 1. The fourth-order valence-electron chi connectivity index (χ4n) is 7.37. The average molecular weight is 943 g/mol. The zero-order chi connectivity index (χ0) is 46.1. The number of halogens is 1. The number of anilines is 1. The molecule has 6 rings (SSSR count). The van der Waals surface area contributed by atoms with Gasteiger partial charge in [-0.3, -0.25) is 10.1 Å². The van der Waals surface area contributed by atoms with Crippen LogP contribution in [-0.4, -0.2) is 118 Å². The second kappa shape index (κ2) is 21.4. The number of carboxylic acid groups (broad SMARTS) is 1. The number of nitrogens with one attached hydrogen (secondary N) is 3. The number of aliphatic hydroxyl groups is 3. The van der Waals surface area contributed by atoms with E-state index in [0.29, 0.717) is 54.5 Å². The first-order chi connectivity index (χ1) is 30.6. The Kier molecular flexibility index (Phi) is 16.0. The number of carbonyl (C=O) groups excluding carboxylic acids is 3. The number of methoxy groups -OCH3 is 1. The number of pyridine rings is 1. The normalized spacial score (nSPS) is 16.7. The van der Waals surface area contributed by atoms with Gasteiger partial charge in [-0.05, 0) is 79.4 Å². The van der Waals surface area contributed by atoms with E-state index in [1.807, 2.05) is 11.9 Å². The van der Waals surface area contributed by atoms with Gasteiger partial charge in [0.15, 0.2) is 12.2 Å². The van der Waals surface area contributed by atoms with Crippen LogP contribution in [0.3, 0.4) is 0 Å². The van der Waals surface area contributed by atoms with Crippen molar-refractivity contribution in [3.8, 4) is 11.5 Å². The van der Waals surface area contributed by atoms with Crippen molar-refractivity contribution in [1.82, 2.24) is 15.2 Å². The number of benzene rings is 2. The molecule has 3 atom stereocenters. The Hall–Kier alpha value is -5.58. The SMILES string of the molecule is COc1cc(NC(=O)OCCN(C)C2CCC(OC(=O)C(OC(=O)[C@H](O)[C@@H](O)C(=O)O)(c3cccs3)c3cccs3)CC2)c(Cl)cc1CNC[C@H](O)c1ccc(O)c2[nH]c(=O)ccc12. The molecule has 0 aliphatic heterocycles. The Morgan fingerprint density at radius 3 is 2.28 bits per heavy atom. The molecule has 342 valence electrons. The summed E-state index contributed by atoms with van der Waals surface area (Å²) < 4.78 is 22.6. The number of aromatic amines is 1. The van der Waals surface area contributed by atoms with E-state index in [1.165, 1.54) is 25.3 Å². The van der Waals surface area contributed by atoms with E-state index in [4.69, 9.17) is 35.7 Å².